The van der Waals surface area contributed by atoms with E-state index in [1.807, 2.05) is 4.72 Å². The summed E-state index contributed by atoms with van der Waals surface area (Å²) in [6.45, 7) is 0. The molecule has 0 aromatic heterocycles. The molecule has 0 heterocycles. The number of rotatable bonds is 3. The van der Waals surface area contributed by atoms with E-state index in [2.05, 4.69) is 15.9 Å². The maximum atomic E-state index is 13.5. The average molecular weight is 363 g/mol. The fraction of sp³-hybridized carbons (Fsp3) is 0. The third kappa shape index (κ3) is 3.07. The lowest BCUT2D eigenvalue weighted by molar-refractivity contribution is 0.594. The van der Waals surface area contributed by atoms with Crippen LogP contribution < -0.4 is 10.5 Å². The van der Waals surface area contributed by atoms with Gasteiger partial charge >= 0.3 is 0 Å². The van der Waals surface area contributed by atoms with Crippen LogP contribution in [0.2, 0.25) is 0 Å². The van der Waals surface area contributed by atoms with Gasteiger partial charge in [0.25, 0.3) is 10.0 Å². The minimum Gasteiger partial charge on any atom is -0.398 e. The summed E-state index contributed by atoms with van der Waals surface area (Å²) in [5, 5.41) is 0. The summed E-state index contributed by atoms with van der Waals surface area (Å²) in [5.41, 5.74) is 5.12. The Labute approximate surface area is 122 Å². The second kappa shape index (κ2) is 5.37. The SMILES string of the molecule is Nc1ccc(F)cc1S(=O)(=O)Nc1cc(Br)ccc1F. The first-order valence-electron chi connectivity index (χ1n) is 5.32. The molecule has 20 heavy (non-hydrogen) atoms. The fourth-order valence-electron chi connectivity index (χ4n) is 1.52. The number of nitrogens with one attached hydrogen (secondary N) is 1. The van der Waals surface area contributed by atoms with Crippen LogP contribution in [0.1, 0.15) is 0 Å². The Balaban J connectivity index is 2.46. The standard InChI is InChI=1S/C12H9BrF2N2O2S/c13-7-1-3-9(15)11(5-7)17-20(18,19)12-6-8(14)2-4-10(12)16/h1-6,17H,16H2. The van der Waals surface area contributed by atoms with Gasteiger partial charge in [0.1, 0.15) is 16.5 Å². The summed E-state index contributed by atoms with van der Waals surface area (Å²) in [7, 11) is -4.18. The van der Waals surface area contributed by atoms with E-state index in [9.17, 15) is 17.2 Å². The number of benzene rings is 2. The van der Waals surface area contributed by atoms with Crippen molar-refractivity contribution >= 4 is 37.3 Å². The topological polar surface area (TPSA) is 72.2 Å². The van der Waals surface area contributed by atoms with Gasteiger partial charge in [-0.3, -0.25) is 4.72 Å². The highest BCUT2D eigenvalue weighted by atomic mass is 79.9. The maximum absolute atomic E-state index is 13.5. The molecule has 8 heteroatoms. The smallest absolute Gasteiger partial charge is 0.264 e. The van der Waals surface area contributed by atoms with Crippen LogP contribution in [0.5, 0.6) is 0 Å². The van der Waals surface area contributed by atoms with Gasteiger partial charge in [-0.25, -0.2) is 17.2 Å². The number of sulfonamides is 1. The average Bonchev–Trinajstić information content (AvgIpc) is 2.36. The maximum Gasteiger partial charge on any atom is 0.264 e. The Kier molecular flexibility index (Phi) is 3.96. The van der Waals surface area contributed by atoms with E-state index in [0.717, 1.165) is 24.3 Å². The molecule has 0 aliphatic carbocycles. The van der Waals surface area contributed by atoms with Crippen LogP contribution in [0.25, 0.3) is 0 Å². The lowest BCUT2D eigenvalue weighted by Gasteiger charge is -2.11. The molecule has 106 valence electrons. The molecule has 4 nitrogen and oxygen atoms in total. The van der Waals surface area contributed by atoms with Crippen LogP contribution in [0.3, 0.4) is 0 Å². The Morgan fingerprint density at radius 3 is 2.50 bits per heavy atom. The monoisotopic (exact) mass is 362 g/mol. The summed E-state index contributed by atoms with van der Waals surface area (Å²) < 4.78 is 53.4. The largest absolute Gasteiger partial charge is 0.398 e. The molecule has 0 amide bonds. The number of anilines is 2. The second-order valence-electron chi connectivity index (χ2n) is 3.91. The van der Waals surface area contributed by atoms with Gasteiger partial charge in [0, 0.05) is 4.47 Å². The molecule has 0 aliphatic heterocycles. The molecule has 0 fully saturated rings. The van der Waals surface area contributed by atoms with E-state index in [4.69, 9.17) is 5.73 Å². The Hall–Kier alpha value is -1.67. The van der Waals surface area contributed by atoms with Gasteiger partial charge in [0.05, 0.1) is 11.4 Å². The molecule has 0 unspecified atom stereocenters. The number of halogens is 3. The molecule has 0 bridgehead atoms. The molecule has 0 radical (unpaired) electrons. The van der Waals surface area contributed by atoms with Gasteiger partial charge in [-0.05, 0) is 36.4 Å². The molecular weight excluding hydrogens is 354 g/mol. The van der Waals surface area contributed by atoms with Gasteiger partial charge in [0.2, 0.25) is 0 Å². The highest BCUT2D eigenvalue weighted by Crippen LogP contribution is 2.25. The number of hydrogen-bond donors (Lipinski definition) is 2. The molecule has 0 atom stereocenters. The third-order valence-electron chi connectivity index (χ3n) is 2.44. The van der Waals surface area contributed by atoms with Crippen LogP contribution in [0.15, 0.2) is 45.8 Å². The summed E-state index contributed by atoms with van der Waals surface area (Å²) in [4.78, 5) is -0.447. The fourth-order valence-corrected chi connectivity index (χ4v) is 3.08. The van der Waals surface area contributed by atoms with Crippen LogP contribution in [0, 0.1) is 11.6 Å². The van der Waals surface area contributed by atoms with Gasteiger partial charge < -0.3 is 5.73 Å². The van der Waals surface area contributed by atoms with Crippen molar-refractivity contribution in [3.05, 3.63) is 52.5 Å². The zero-order chi connectivity index (χ0) is 14.9. The van der Waals surface area contributed by atoms with Crippen LogP contribution in [-0.2, 0) is 10.0 Å². The van der Waals surface area contributed by atoms with Crippen molar-refractivity contribution in [2.24, 2.45) is 0 Å². The van der Waals surface area contributed by atoms with Gasteiger partial charge in [-0.15, -0.1) is 0 Å². The van der Waals surface area contributed by atoms with Crippen molar-refractivity contribution in [1.82, 2.24) is 0 Å². The van der Waals surface area contributed by atoms with Crippen molar-refractivity contribution in [1.29, 1.82) is 0 Å². The Morgan fingerprint density at radius 2 is 1.80 bits per heavy atom. The van der Waals surface area contributed by atoms with Crippen molar-refractivity contribution < 1.29 is 17.2 Å². The first-order chi connectivity index (χ1) is 9.29. The molecule has 2 aromatic carbocycles. The van der Waals surface area contributed by atoms with E-state index in [1.165, 1.54) is 12.1 Å². The molecule has 0 spiro atoms. The summed E-state index contributed by atoms with van der Waals surface area (Å²) in [6, 6.07) is 6.70. The quantitative estimate of drug-likeness (QED) is 0.824. The normalized spacial score (nSPS) is 11.3. The van der Waals surface area contributed by atoms with Gasteiger partial charge in [0.15, 0.2) is 0 Å². The number of hydrogen-bond acceptors (Lipinski definition) is 3. The minimum atomic E-state index is -4.18. The summed E-state index contributed by atoms with van der Waals surface area (Å²) in [6.07, 6.45) is 0. The van der Waals surface area contributed by atoms with Crippen molar-refractivity contribution in [3.8, 4) is 0 Å². The molecule has 0 aliphatic rings. The highest BCUT2D eigenvalue weighted by molar-refractivity contribution is 9.10. The number of nitrogen functional groups attached to an aromatic ring is 1. The predicted molar refractivity (Wildman–Crippen MR) is 75.7 cm³/mol. The first kappa shape index (κ1) is 14.7. The van der Waals surface area contributed by atoms with Gasteiger partial charge in [-0.2, -0.15) is 0 Å². The van der Waals surface area contributed by atoms with Crippen molar-refractivity contribution in [2.45, 2.75) is 4.90 Å². The van der Waals surface area contributed by atoms with Crippen LogP contribution in [0.4, 0.5) is 20.2 Å². The number of nitrogens with two attached hydrogens (primary N) is 1. The van der Waals surface area contributed by atoms with Crippen LogP contribution in [-0.4, -0.2) is 8.42 Å². The molecule has 3 N–H and O–H groups in total. The predicted octanol–water partition coefficient (Wildman–Crippen LogP) is 3.11. The summed E-state index contributed by atoms with van der Waals surface area (Å²) in [5.74, 6) is -1.51. The van der Waals surface area contributed by atoms with E-state index in [1.54, 1.807) is 0 Å². The zero-order valence-electron chi connectivity index (χ0n) is 9.90. The molecular formula is C12H9BrF2N2O2S. The lowest BCUT2D eigenvalue weighted by Crippen LogP contribution is -2.16. The highest BCUT2D eigenvalue weighted by Gasteiger charge is 2.20. The van der Waals surface area contributed by atoms with Gasteiger partial charge in [-0.1, -0.05) is 15.9 Å². The Morgan fingerprint density at radius 1 is 1.10 bits per heavy atom. The first-order valence-corrected chi connectivity index (χ1v) is 7.60. The third-order valence-corrected chi connectivity index (χ3v) is 4.35. The molecule has 2 aromatic rings. The van der Waals surface area contributed by atoms with E-state index in [0.29, 0.717) is 4.47 Å². The van der Waals surface area contributed by atoms with Crippen molar-refractivity contribution in [3.63, 3.8) is 0 Å². The Bertz CT molecular complexity index is 766. The van der Waals surface area contributed by atoms with E-state index < -0.39 is 26.6 Å². The summed E-state index contributed by atoms with van der Waals surface area (Å²) >= 11 is 3.10. The van der Waals surface area contributed by atoms with E-state index >= 15 is 0 Å². The second-order valence-corrected chi connectivity index (χ2v) is 6.48. The molecule has 0 saturated carbocycles. The zero-order valence-corrected chi connectivity index (χ0v) is 12.3. The minimum absolute atomic E-state index is 0.130. The molecule has 2 rings (SSSR count). The van der Waals surface area contributed by atoms with Crippen molar-refractivity contribution in [2.75, 3.05) is 10.5 Å². The van der Waals surface area contributed by atoms with Crippen LogP contribution >= 0.6 is 15.9 Å². The lowest BCUT2D eigenvalue weighted by atomic mass is 10.3. The molecule has 0 saturated heterocycles. The van der Waals surface area contributed by atoms with E-state index in [-0.39, 0.29) is 11.4 Å².